The molecule has 2 aromatic heterocycles. The van der Waals surface area contributed by atoms with Crippen LogP contribution in [0.4, 0.5) is 0 Å². The van der Waals surface area contributed by atoms with E-state index in [2.05, 4.69) is 27.4 Å². The molecule has 0 aliphatic heterocycles. The Hall–Kier alpha value is -1.46. The quantitative estimate of drug-likeness (QED) is 0.900. The van der Waals surface area contributed by atoms with Gasteiger partial charge in [0.2, 0.25) is 11.7 Å². The number of hydrogen-bond acceptors (Lipinski definition) is 5. The van der Waals surface area contributed by atoms with Gasteiger partial charge in [0.25, 0.3) is 0 Å². The van der Waals surface area contributed by atoms with Crippen LogP contribution in [0.3, 0.4) is 0 Å². The minimum atomic E-state index is 0.331. The Kier molecular flexibility index (Phi) is 4.28. The van der Waals surface area contributed by atoms with E-state index in [0.29, 0.717) is 34.9 Å². The van der Waals surface area contributed by atoms with Crippen molar-refractivity contribution in [3.63, 3.8) is 0 Å². The molecule has 1 atom stereocenters. The second kappa shape index (κ2) is 5.93. The molecule has 0 bridgehead atoms. The SMILES string of the molecule is CCC(Cc1nc(-c2ncccc2Cl)no1)NC. The molecule has 2 rings (SSSR count). The fraction of sp³-hybridized carbons (Fsp3) is 0.417. The third kappa shape index (κ3) is 2.86. The van der Waals surface area contributed by atoms with Gasteiger partial charge in [-0.2, -0.15) is 4.98 Å². The van der Waals surface area contributed by atoms with Crippen LogP contribution in [-0.2, 0) is 6.42 Å². The van der Waals surface area contributed by atoms with E-state index in [1.807, 2.05) is 7.05 Å². The van der Waals surface area contributed by atoms with E-state index in [4.69, 9.17) is 16.1 Å². The van der Waals surface area contributed by atoms with Crippen LogP contribution in [0.15, 0.2) is 22.9 Å². The molecule has 0 fully saturated rings. The van der Waals surface area contributed by atoms with E-state index in [9.17, 15) is 0 Å². The molecule has 0 aliphatic rings. The molecule has 18 heavy (non-hydrogen) atoms. The van der Waals surface area contributed by atoms with Crippen molar-refractivity contribution in [1.82, 2.24) is 20.4 Å². The molecule has 0 saturated carbocycles. The molecule has 1 unspecified atom stereocenters. The standard InChI is InChI=1S/C12H15ClN4O/c1-3-8(14-2)7-10-16-12(17-18-10)11-9(13)5-4-6-15-11/h4-6,8,14H,3,7H2,1-2H3. The molecular weight excluding hydrogens is 252 g/mol. The lowest BCUT2D eigenvalue weighted by Gasteiger charge is -2.09. The first kappa shape index (κ1) is 13.0. The predicted octanol–water partition coefficient (Wildman–Crippen LogP) is 2.33. The summed E-state index contributed by atoms with van der Waals surface area (Å²) in [6, 6.07) is 3.85. The van der Waals surface area contributed by atoms with Crippen molar-refractivity contribution in [2.24, 2.45) is 0 Å². The molecule has 0 aromatic carbocycles. The number of rotatable bonds is 5. The Balaban J connectivity index is 2.18. The summed E-state index contributed by atoms with van der Waals surface area (Å²) in [4.78, 5) is 8.46. The first-order valence-corrected chi connectivity index (χ1v) is 6.23. The summed E-state index contributed by atoms with van der Waals surface area (Å²) in [5.41, 5.74) is 0.548. The summed E-state index contributed by atoms with van der Waals surface area (Å²) in [6.07, 6.45) is 3.35. The number of nitrogens with zero attached hydrogens (tertiary/aromatic N) is 3. The Bertz CT molecular complexity index is 510. The molecular formula is C12H15ClN4O. The van der Waals surface area contributed by atoms with Gasteiger partial charge in [0.05, 0.1) is 5.02 Å². The number of nitrogens with one attached hydrogen (secondary N) is 1. The number of pyridine rings is 1. The van der Waals surface area contributed by atoms with Gasteiger partial charge in [-0.05, 0) is 25.6 Å². The first-order valence-electron chi connectivity index (χ1n) is 5.85. The molecule has 6 heteroatoms. The molecule has 5 nitrogen and oxygen atoms in total. The molecule has 1 N–H and O–H groups in total. The summed E-state index contributed by atoms with van der Waals surface area (Å²) in [5, 5.41) is 7.62. The maximum Gasteiger partial charge on any atom is 0.228 e. The zero-order chi connectivity index (χ0) is 13.0. The number of aromatic nitrogens is 3. The van der Waals surface area contributed by atoms with Gasteiger partial charge in [0.1, 0.15) is 5.69 Å². The van der Waals surface area contributed by atoms with Crippen LogP contribution in [0.25, 0.3) is 11.5 Å². The molecule has 0 saturated heterocycles. The lowest BCUT2D eigenvalue weighted by atomic mass is 10.1. The summed E-state index contributed by atoms with van der Waals surface area (Å²) in [5.74, 6) is 1.02. The maximum absolute atomic E-state index is 6.03. The molecule has 96 valence electrons. The smallest absolute Gasteiger partial charge is 0.228 e. The molecule has 0 spiro atoms. The van der Waals surface area contributed by atoms with Crippen molar-refractivity contribution in [1.29, 1.82) is 0 Å². The maximum atomic E-state index is 6.03. The highest BCUT2D eigenvalue weighted by Crippen LogP contribution is 2.22. The van der Waals surface area contributed by atoms with Crippen molar-refractivity contribution < 1.29 is 4.52 Å². The summed E-state index contributed by atoms with van der Waals surface area (Å²) in [7, 11) is 1.92. The van der Waals surface area contributed by atoms with Gasteiger partial charge in [-0.1, -0.05) is 23.7 Å². The summed E-state index contributed by atoms with van der Waals surface area (Å²) < 4.78 is 5.21. The largest absolute Gasteiger partial charge is 0.339 e. The molecule has 2 heterocycles. The van der Waals surface area contributed by atoms with E-state index in [1.165, 1.54) is 0 Å². The summed E-state index contributed by atoms with van der Waals surface area (Å²) >= 11 is 6.03. The predicted molar refractivity (Wildman–Crippen MR) is 69.4 cm³/mol. The van der Waals surface area contributed by atoms with Crippen LogP contribution in [-0.4, -0.2) is 28.2 Å². The number of halogens is 1. The van der Waals surface area contributed by atoms with Crippen molar-refractivity contribution in [3.05, 3.63) is 29.2 Å². The van der Waals surface area contributed by atoms with E-state index < -0.39 is 0 Å². The van der Waals surface area contributed by atoms with E-state index in [0.717, 1.165) is 6.42 Å². The third-order valence-electron chi connectivity index (χ3n) is 2.76. The second-order valence-corrected chi connectivity index (χ2v) is 4.35. The third-order valence-corrected chi connectivity index (χ3v) is 3.07. The Morgan fingerprint density at radius 2 is 2.33 bits per heavy atom. The van der Waals surface area contributed by atoms with Crippen LogP contribution >= 0.6 is 11.6 Å². The van der Waals surface area contributed by atoms with Gasteiger partial charge < -0.3 is 9.84 Å². The van der Waals surface area contributed by atoms with Gasteiger partial charge in [-0.3, -0.25) is 4.98 Å². The minimum absolute atomic E-state index is 0.331. The van der Waals surface area contributed by atoms with Crippen LogP contribution in [0.2, 0.25) is 5.02 Å². The molecule has 0 amide bonds. The van der Waals surface area contributed by atoms with Crippen molar-refractivity contribution in [2.75, 3.05) is 7.05 Å². The number of likely N-dealkylation sites (N-methyl/N-ethyl adjacent to an activating group) is 1. The fourth-order valence-electron chi connectivity index (χ4n) is 1.65. The van der Waals surface area contributed by atoms with E-state index in [1.54, 1.807) is 18.3 Å². The highest BCUT2D eigenvalue weighted by molar-refractivity contribution is 6.32. The fourth-order valence-corrected chi connectivity index (χ4v) is 1.85. The molecule has 0 aliphatic carbocycles. The zero-order valence-electron chi connectivity index (χ0n) is 10.4. The second-order valence-electron chi connectivity index (χ2n) is 3.94. The highest BCUT2D eigenvalue weighted by Gasteiger charge is 2.15. The van der Waals surface area contributed by atoms with Gasteiger partial charge >= 0.3 is 0 Å². The normalized spacial score (nSPS) is 12.6. The van der Waals surface area contributed by atoms with Gasteiger partial charge in [0.15, 0.2) is 0 Å². The monoisotopic (exact) mass is 266 g/mol. The average molecular weight is 267 g/mol. The van der Waals surface area contributed by atoms with Crippen molar-refractivity contribution in [2.45, 2.75) is 25.8 Å². The van der Waals surface area contributed by atoms with Crippen LogP contribution < -0.4 is 5.32 Å². The first-order chi connectivity index (χ1) is 8.74. The van der Waals surface area contributed by atoms with Crippen molar-refractivity contribution in [3.8, 4) is 11.5 Å². The van der Waals surface area contributed by atoms with Crippen molar-refractivity contribution >= 4 is 11.6 Å². The zero-order valence-corrected chi connectivity index (χ0v) is 11.1. The van der Waals surface area contributed by atoms with Crippen LogP contribution in [0.1, 0.15) is 19.2 Å². The number of hydrogen-bond donors (Lipinski definition) is 1. The van der Waals surface area contributed by atoms with Gasteiger partial charge in [-0.15, -0.1) is 0 Å². The molecule has 0 radical (unpaired) electrons. The van der Waals surface area contributed by atoms with Crippen LogP contribution in [0, 0.1) is 0 Å². The average Bonchev–Trinajstić information content (AvgIpc) is 2.85. The minimum Gasteiger partial charge on any atom is -0.339 e. The Morgan fingerprint density at radius 3 is 3.00 bits per heavy atom. The van der Waals surface area contributed by atoms with Crippen LogP contribution in [0.5, 0.6) is 0 Å². The van der Waals surface area contributed by atoms with Gasteiger partial charge in [0, 0.05) is 18.7 Å². The lowest BCUT2D eigenvalue weighted by Crippen LogP contribution is -2.26. The molecule has 2 aromatic rings. The Labute approximate surface area is 111 Å². The summed E-state index contributed by atoms with van der Waals surface area (Å²) in [6.45, 7) is 2.11. The van der Waals surface area contributed by atoms with E-state index in [-0.39, 0.29) is 0 Å². The van der Waals surface area contributed by atoms with Gasteiger partial charge in [-0.25, -0.2) is 0 Å². The Morgan fingerprint density at radius 1 is 1.50 bits per heavy atom. The lowest BCUT2D eigenvalue weighted by molar-refractivity contribution is 0.359. The van der Waals surface area contributed by atoms with E-state index >= 15 is 0 Å². The topological polar surface area (TPSA) is 63.8 Å². The highest BCUT2D eigenvalue weighted by atomic mass is 35.5.